The second-order valence-corrected chi connectivity index (χ2v) is 6.07. The van der Waals surface area contributed by atoms with E-state index >= 15 is 0 Å². The van der Waals surface area contributed by atoms with Gasteiger partial charge in [0.05, 0.1) is 22.0 Å². The molecule has 0 aliphatic heterocycles. The summed E-state index contributed by atoms with van der Waals surface area (Å²) >= 11 is 0. The van der Waals surface area contributed by atoms with E-state index in [1.165, 1.54) is 18.2 Å². The van der Waals surface area contributed by atoms with Crippen LogP contribution in [0.5, 0.6) is 0 Å². The summed E-state index contributed by atoms with van der Waals surface area (Å²) < 4.78 is 0. The number of hydroxylamine groups is 1. The molecule has 32 heavy (non-hydrogen) atoms. The van der Waals surface area contributed by atoms with Crippen LogP contribution in [0.4, 0.5) is 11.4 Å². The van der Waals surface area contributed by atoms with E-state index in [4.69, 9.17) is 4.84 Å². The molecule has 0 heterocycles. The second kappa shape index (κ2) is 10.6. The molecule has 2 aromatic carbocycles. The Hall–Kier alpha value is -4.43. The molecule has 4 N–H and O–H groups in total. The number of nitro benzene ring substituents is 2. The lowest BCUT2D eigenvalue weighted by molar-refractivity contribution is -0.385. The number of nitro groups is 2. The smallest absolute Gasteiger partial charge is 0.343 e. The molecule has 168 valence electrons. The molecule has 0 aliphatic carbocycles. The number of carboxylic acids is 2. The Balaban J connectivity index is 1.93. The summed E-state index contributed by atoms with van der Waals surface area (Å²) in [6.07, 6.45) is 0. The third-order valence-electron chi connectivity index (χ3n) is 4.08. The van der Waals surface area contributed by atoms with Crippen LogP contribution >= 0.6 is 0 Å². The van der Waals surface area contributed by atoms with Crippen molar-refractivity contribution in [1.29, 1.82) is 0 Å². The zero-order valence-corrected chi connectivity index (χ0v) is 16.1. The van der Waals surface area contributed by atoms with Crippen LogP contribution in [0.25, 0.3) is 0 Å². The molecule has 0 spiro atoms. The maximum Gasteiger partial charge on any atom is 0.343 e. The third kappa shape index (κ3) is 5.59. The average Bonchev–Trinajstić information content (AvgIpc) is 2.74. The fraction of sp³-hybridized carbons (Fsp3) is 0.167. The van der Waals surface area contributed by atoms with Gasteiger partial charge in [0, 0.05) is 30.8 Å². The van der Waals surface area contributed by atoms with Gasteiger partial charge in [-0.3, -0.25) is 29.9 Å². The predicted octanol–water partition coefficient (Wildman–Crippen LogP) is 1.35. The van der Waals surface area contributed by atoms with E-state index in [0.717, 1.165) is 18.2 Å². The van der Waals surface area contributed by atoms with Crippen LogP contribution in [0.15, 0.2) is 36.4 Å². The second-order valence-electron chi connectivity index (χ2n) is 6.07. The van der Waals surface area contributed by atoms with E-state index in [1.807, 2.05) is 0 Å². The minimum atomic E-state index is -1.63. The van der Waals surface area contributed by atoms with Crippen LogP contribution in [0.2, 0.25) is 0 Å². The highest BCUT2D eigenvalue weighted by atomic mass is 16.6. The molecule has 0 aromatic heterocycles. The van der Waals surface area contributed by atoms with E-state index in [1.54, 1.807) is 0 Å². The van der Waals surface area contributed by atoms with Crippen molar-refractivity contribution in [2.75, 3.05) is 13.1 Å². The van der Waals surface area contributed by atoms with Crippen molar-refractivity contribution in [1.82, 2.24) is 10.8 Å². The van der Waals surface area contributed by atoms with Crippen molar-refractivity contribution in [3.05, 3.63) is 78.9 Å². The minimum absolute atomic E-state index is 0.0135. The summed E-state index contributed by atoms with van der Waals surface area (Å²) in [7, 11) is 0. The zero-order chi connectivity index (χ0) is 23.8. The molecule has 1 amide bonds. The van der Waals surface area contributed by atoms with Crippen LogP contribution < -0.4 is 10.8 Å². The number of rotatable bonds is 11. The maximum atomic E-state index is 12.2. The van der Waals surface area contributed by atoms with Crippen molar-refractivity contribution < 1.29 is 39.3 Å². The van der Waals surface area contributed by atoms with E-state index in [-0.39, 0.29) is 25.3 Å². The van der Waals surface area contributed by atoms with E-state index in [2.05, 4.69) is 10.8 Å². The Morgan fingerprint density at radius 1 is 0.875 bits per heavy atom. The zero-order valence-electron chi connectivity index (χ0n) is 16.1. The predicted molar refractivity (Wildman–Crippen MR) is 105 cm³/mol. The SMILES string of the molecule is O=C(NCCNOCc1cccc([N+](=O)[O-])c1C(=O)O)c1cccc([N+](=O)[O-])c1C(=O)O. The number of carboxylic acid groups (broad SMARTS) is 2. The number of carbonyl (C=O) groups is 3. The van der Waals surface area contributed by atoms with Gasteiger partial charge in [0.15, 0.2) is 0 Å². The third-order valence-corrected chi connectivity index (χ3v) is 4.08. The first-order valence-corrected chi connectivity index (χ1v) is 8.78. The van der Waals surface area contributed by atoms with Gasteiger partial charge in [-0.15, -0.1) is 0 Å². The fourth-order valence-electron chi connectivity index (χ4n) is 2.74. The van der Waals surface area contributed by atoms with Crippen LogP contribution in [0, 0.1) is 20.2 Å². The van der Waals surface area contributed by atoms with Crippen LogP contribution in [0.1, 0.15) is 36.6 Å². The number of hydrogen-bond acceptors (Lipinski definition) is 9. The van der Waals surface area contributed by atoms with Gasteiger partial charge in [0.1, 0.15) is 11.1 Å². The van der Waals surface area contributed by atoms with Crippen LogP contribution in [0.3, 0.4) is 0 Å². The standard InChI is InChI=1S/C18H16N4O10/c23-16(11-4-2-6-13(22(30)31)15(11)18(26)27)19-7-8-20-32-9-10-3-1-5-12(21(28)29)14(10)17(24)25/h1-6,20H,7-9H2,(H,19,23)(H,24,25)(H,26,27). The number of aromatic carboxylic acids is 2. The Bertz CT molecular complexity index is 1090. The van der Waals surface area contributed by atoms with Gasteiger partial charge in [-0.25, -0.2) is 15.1 Å². The lowest BCUT2D eigenvalue weighted by Gasteiger charge is -2.10. The molecule has 0 fully saturated rings. The summed E-state index contributed by atoms with van der Waals surface area (Å²) in [5, 5.41) is 42.7. The number of benzene rings is 2. The van der Waals surface area contributed by atoms with Crippen molar-refractivity contribution in [2.45, 2.75) is 6.61 Å². The van der Waals surface area contributed by atoms with Crippen molar-refractivity contribution in [2.24, 2.45) is 0 Å². The molecule has 2 aromatic rings. The van der Waals surface area contributed by atoms with E-state index in [0.29, 0.717) is 0 Å². The molecule has 14 nitrogen and oxygen atoms in total. The summed E-state index contributed by atoms with van der Waals surface area (Å²) in [6, 6.07) is 6.98. The fourth-order valence-corrected chi connectivity index (χ4v) is 2.74. The highest BCUT2D eigenvalue weighted by Crippen LogP contribution is 2.23. The topological polar surface area (TPSA) is 211 Å². The van der Waals surface area contributed by atoms with Crippen molar-refractivity contribution in [3.63, 3.8) is 0 Å². The van der Waals surface area contributed by atoms with Gasteiger partial charge in [-0.05, 0) is 6.07 Å². The molecule has 0 atom stereocenters. The molecule has 0 unspecified atom stereocenters. The number of nitrogens with zero attached hydrogens (tertiary/aromatic N) is 2. The first kappa shape index (κ1) is 23.8. The molecule has 0 saturated heterocycles. The average molecular weight is 448 g/mol. The highest BCUT2D eigenvalue weighted by molar-refractivity contribution is 6.07. The Morgan fingerprint density at radius 3 is 2.00 bits per heavy atom. The molecule has 0 radical (unpaired) electrons. The van der Waals surface area contributed by atoms with Gasteiger partial charge in [0.2, 0.25) is 0 Å². The normalized spacial score (nSPS) is 10.4. The lowest BCUT2D eigenvalue weighted by Crippen LogP contribution is -2.33. The van der Waals surface area contributed by atoms with Gasteiger partial charge < -0.3 is 15.5 Å². The molecular formula is C18H16N4O10. The number of amides is 1. The van der Waals surface area contributed by atoms with Crippen molar-refractivity contribution in [3.8, 4) is 0 Å². The molecule has 0 aliphatic rings. The van der Waals surface area contributed by atoms with Gasteiger partial charge in [-0.1, -0.05) is 18.2 Å². The molecule has 0 bridgehead atoms. The first-order chi connectivity index (χ1) is 15.1. The van der Waals surface area contributed by atoms with Crippen LogP contribution in [-0.2, 0) is 11.4 Å². The van der Waals surface area contributed by atoms with Gasteiger partial charge in [-0.2, -0.15) is 0 Å². The summed E-state index contributed by atoms with van der Waals surface area (Å²) in [6.45, 7) is -0.424. The number of hydrogen-bond donors (Lipinski definition) is 4. The van der Waals surface area contributed by atoms with Gasteiger partial charge in [0.25, 0.3) is 17.3 Å². The number of nitrogens with one attached hydrogen (secondary N) is 2. The molecule has 14 heteroatoms. The molecule has 2 rings (SSSR count). The quantitative estimate of drug-likeness (QED) is 0.219. The summed E-state index contributed by atoms with van der Waals surface area (Å²) in [4.78, 5) is 60.2. The first-order valence-electron chi connectivity index (χ1n) is 8.78. The highest BCUT2D eigenvalue weighted by Gasteiger charge is 2.27. The Labute approximate surface area is 178 Å². The van der Waals surface area contributed by atoms with Crippen LogP contribution in [-0.4, -0.2) is 51.0 Å². The minimum Gasteiger partial charge on any atom is -0.477 e. The van der Waals surface area contributed by atoms with E-state index in [9.17, 15) is 44.8 Å². The summed E-state index contributed by atoms with van der Waals surface area (Å²) in [5.41, 5.74) is -0.495. The Kier molecular flexibility index (Phi) is 7.86. The van der Waals surface area contributed by atoms with Gasteiger partial charge >= 0.3 is 11.9 Å². The largest absolute Gasteiger partial charge is 0.477 e. The number of carbonyl (C=O) groups excluding carboxylic acids is 1. The molecular weight excluding hydrogens is 432 g/mol. The Morgan fingerprint density at radius 2 is 1.44 bits per heavy atom. The maximum absolute atomic E-state index is 12.2. The summed E-state index contributed by atoms with van der Waals surface area (Å²) in [5.74, 6) is -3.98. The lowest BCUT2D eigenvalue weighted by atomic mass is 10.0. The van der Waals surface area contributed by atoms with Crippen molar-refractivity contribution >= 4 is 29.2 Å². The molecule has 0 saturated carbocycles. The van der Waals surface area contributed by atoms with E-state index < -0.39 is 55.8 Å². The monoisotopic (exact) mass is 448 g/mol.